The fourth-order valence-corrected chi connectivity index (χ4v) is 3.63. The summed E-state index contributed by atoms with van der Waals surface area (Å²) in [6, 6.07) is 0. The van der Waals surface area contributed by atoms with Crippen LogP contribution >= 0.6 is 0 Å². The molecule has 1 saturated heterocycles. The summed E-state index contributed by atoms with van der Waals surface area (Å²) in [6.45, 7) is 11.0. The van der Waals surface area contributed by atoms with E-state index in [4.69, 9.17) is 9.73 Å². The lowest BCUT2D eigenvalue weighted by molar-refractivity contribution is -0.0333. The van der Waals surface area contributed by atoms with Crippen LogP contribution in [0.5, 0.6) is 0 Å². The molecule has 5 nitrogen and oxygen atoms in total. The molecule has 1 heterocycles. The zero-order valence-corrected chi connectivity index (χ0v) is 14.5. The maximum absolute atomic E-state index is 5.55. The van der Waals surface area contributed by atoms with Crippen molar-refractivity contribution in [3.8, 4) is 0 Å². The molecule has 0 aromatic rings. The summed E-state index contributed by atoms with van der Waals surface area (Å²) in [7, 11) is 0. The van der Waals surface area contributed by atoms with Crippen LogP contribution in [0.15, 0.2) is 4.99 Å². The van der Waals surface area contributed by atoms with Gasteiger partial charge < -0.3 is 15.4 Å². The predicted octanol–water partition coefficient (Wildman–Crippen LogP) is 1.99. The van der Waals surface area contributed by atoms with Gasteiger partial charge in [-0.25, -0.2) is 0 Å². The van der Waals surface area contributed by atoms with Crippen molar-refractivity contribution in [3.05, 3.63) is 0 Å². The Kier molecular flexibility index (Phi) is 7.46. The molecule has 2 rings (SSSR count). The van der Waals surface area contributed by atoms with Crippen LogP contribution in [0.1, 0.15) is 52.4 Å². The zero-order valence-electron chi connectivity index (χ0n) is 14.5. The Balaban J connectivity index is 2.03. The van der Waals surface area contributed by atoms with Gasteiger partial charge in [0.2, 0.25) is 0 Å². The summed E-state index contributed by atoms with van der Waals surface area (Å²) in [5.74, 6) is 0.975. The standard InChI is InChI=1S/C17H34N4O/c1-3-10-19-16(18-4-2)20-15-17(8-6-5-7-9-17)21-11-13-22-14-12-21/h3-15H2,1-2H3,(H2,18,19,20). The third-order valence-electron chi connectivity index (χ3n) is 4.88. The number of morpholine rings is 1. The van der Waals surface area contributed by atoms with Crippen molar-refractivity contribution in [2.75, 3.05) is 45.9 Å². The Morgan fingerprint density at radius 3 is 2.45 bits per heavy atom. The van der Waals surface area contributed by atoms with Gasteiger partial charge in [0.25, 0.3) is 0 Å². The van der Waals surface area contributed by atoms with E-state index < -0.39 is 0 Å². The first-order valence-corrected chi connectivity index (χ1v) is 9.16. The molecule has 1 aliphatic heterocycles. The summed E-state index contributed by atoms with van der Waals surface area (Å²) in [4.78, 5) is 7.59. The van der Waals surface area contributed by atoms with Crippen molar-refractivity contribution in [2.45, 2.75) is 57.9 Å². The van der Waals surface area contributed by atoms with Crippen LogP contribution in [0.3, 0.4) is 0 Å². The molecular weight excluding hydrogens is 276 g/mol. The maximum atomic E-state index is 5.55. The quantitative estimate of drug-likeness (QED) is 0.582. The van der Waals surface area contributed by atoms with E-state index in [-0.39, 0.29) is 5.54 Å². The summed E-state index contributed by atoms with van der Waals surface area (Å²) in [5.41, 5.74) is 0.261. The lowest BCUT2D eigenvalue weighted by atomic mass is 9.80. The summed E-state index contributed by atoms with van der Waals surface area (Å²) in [6.07, 6.45) is 7.74. The van der Waals surface area contributed by atoms with Gasteiger partial charge in [-0.05, 0) is 26.2 Å². The second-order valence-electron chi connectivity index (χ2n) is 6.51. The van der Waals surface area contributed by atoms with Crippen molar-refractivity contribution in [1.82, 2.24) is 15.5 Å². The maximum Gasteiger partial charge on any atom is 0.191 e. The molecule has 2 N–H and O–H groups in total. The van der Waals surface area contributed by atoms with Gasteiger partial charge in [0, 0.05) is 31.7 Å². The van der Waals surface area contributed by atoms with Crippen LogP contribution in [0, 0.1) is 0 Å². The minimum Gasteiger partial charge on any atom is -0.379 e. The van der Waals surface area contributed by atoms with Gasteiger partial charge in [0.05, 0.1) is 19.8 Å². The predicted molar refractivity (Wildman–Crippen MR) is 92.5 cm³/mol. The molecule has 0 radical (unpaired) electrons. The Morgan fingerprint density at radius 1 is 1.09 bits per heavy atom. The number of hydrogen-bond donors (Lipinski definition) is 2. The smallest absolute Gasteiger partial charge is 0.191 e. The lowest BCUT2D eigenvalue weighted by Gasteiger charge is -2.47. The molecular formula is C17H34N4O. The Labute approximate surface area is 135 Å². The van der Waals surface area contributed by atoms with Crippen LogP contribution in [-0.2, 0) is 4.74 Å². The zero-order chi connectivity index (χ0) is 15.7. The lowest BCUT2D eigenvalue weighted by Crippen LogP contribution is -2.56. The highest BCUT2D eigenvalue weighted by Crippen LogP contribution is 2.34. The van der Waals surface area contributed by atoms with Crippen molar-refractivity contribution in [1.29, 1.82) is 0 Å². The number of nitrogens with one attached hydrogen (secondary N) is 2. The Hall–Kier alpha value is -0.810. The van der Waals surface area contributed by atoms with Gasteiger partial charge in [0.1, 0.15) is 0 Å². The normalized spacial score (nSPS) is 23.3. The summed E-state index contributed by atoms with van der Waals surface area (Å²) in [5, 5.41) is 6.80. The monoisotopic (exact) mass is 310 g/mol. The largest absolute Gasteiger partial charge is 0.379 e. The molecule has 1 saturated carbocycles. The molecule has 128 valence electrons. The van der Waals surface area contributed by atoms with Crippen molar-refractivity contribution < 1.29 is 4.74 Å². The van der Waals surface area contributed by atoms with Crippen LogP contribution in [0.4, 0.5) is 0 Å². The molecule has 0 spiro atoms. The van der Waals surface area contributed by atoms with Crippen LogP contribution in [0.25, 0.3) is 0 Å². The molecule has 0 aromatic carbocycles. The van der Waals surface area contributed by atoms with Crippen molar-refractivity contribution in [3.63, 3.8) is 0 Å². The first-order chi connectivity index (χ1) is 10.8. The highest BCUT2D eigenvalue weighted by molar-refractivity contribution is 5.79. The Morgan fingerprint density at radius 2 is 1.82 bits per heavy atom. The highest BCUT2D eigenvalue weighted by atomic mass is 16.5. The van der Waals surface area contributed by atoms with E-state index in [2.05, 4.69) is 29.4 Å². The van der Waals surface area contributed by atoms with E-state index in [9.17, 15) is 0 Å². The van der Waals surface area contributed by atoms with Gasteiger partial charge in [-0.3, -0.25) is 9.89 Å². The SMILES string of the molecule is CCCNC(=NCC1(N2CCOCC2)CCCCC1)NCC. The average Bonchev–Trinajstić information content (AvgIpc) is 2.59. The number of guanidine groups is 1. The second-order valence-corrected chi connectivity index (χ2v) is 6.51. The van der Waals surface area contributed by atoms with Gasteiger partial charge >= 0.3 is 0 Å². The minimum absolute atomic E-state index is 0.261. The molecule has 0 unspecified atom stereocenters. The second kappa shape index (κ2) is 9.36. The third-order valence-corrected chi connectivity index (χ3v) is 4.88. The summed E-state index contributed by atoms with van der Waals surface area (Å²) < 4.78 is 5.55. The average molecular weight is 310 g/mol. The van der Waals surface area contributed by atoms with Gasteiger partial charge in [-0.1, -0.05) is 26.2 Å². The molecule has 0 atom stereocenters. The number of aliphatic imine (C=N–C) groups is 1. The van der Waals surface area contributed by atoms with E-state index in [1.165, 1.54) is 32.1 Å². The summed E-state index contributed by atoms with van der Waals surface area (Å²) >= 11 is 0. The first kappa shape index (κ1) is 17.5. The van der Waals surface area contributed by atoms with Crippen LogP contribution < -0.4 is 10.6 Å². The minimum atomic E-state index is 0.261. The molecule has 2 fully saturated rings. The van der Waals surface area contributed by atoms with E-state index >= 15 is 0 Å². The highest BCUT2D eigenvalue weighted by Gasteiger charge is 2.38. The molecule has 1 aliphatic carbocycles. The molecule has 0 aromatic heterocycles. The number of ether oxygens (including phenoxy) is 1. The topological polar surface area (TPSA) is 48.9 Å². The van der Waals surface area contributed by atoms with Gasteiger partial charge in [-0.2, -0.15) is 0 Å². The van der Waals surface area contributed by atoms with Crippen LogP contribution in [0.2, 0.25) is 0 Å². The third kappa shape index (κ3) is 4.85. The van der Waals surface area contributed by atoms with Gasteiger partial charge in [-0.15, -0.1) is 0 Å². The molecule has 2 aliphatic rings. The van der Waals surface area contributed by atoms with E-state index in [1.54, 1.807) is 0 Å². The van der Waals surface area contributed by atoms with Crippen LogP contribution in [-0.4, -0.2) is 62.3 Å². The van der Waals surface area contributed by atoms with Gasteiger partial charge in [0.15, 0.2) is 5.96 Å². The van der Waals surface area contributed by atoms with Crippen molar-refractivity contribution in [2.24, 2.45) is 4.99 Å². The fourth-order valence-electron chi connectivity index (χ4n) is 3.63. The van der Waals surface area contributed by atoms with E-state index in [0.717, 1.165) is 58.3 Å². The molecule has 0 amide bonds. The Bertz CT molecular complexity index is 334. The van der Waals surface area contributed by atoms with E-state index in [0.29, 0.717) is 0 Å². The first-order valence-electron chi connectivity index (χ1n) is 9.16. The number of hydrogen-bond acceptors (Lipinski definition) is 3. The molecule has 5 heteroatoms. The molecule has 22 heavy (non-hydrogen) atoms. The van der Waals surface area contributed by atoms with Crippen molar-refractivity contribution >= 4 is 5.96 Å². The van der Waals surface area contributed by atoms with E-state index in [1.807, 2.05) is 0 Å². The number of rotatable bonds is 6. The fraction of sp³-hybridized carbons (Fsp3) is 0.941. The number of nitrogens with zero attached hydrogens (tertiary/aromatic N) is 2. The molecule has 0 bridgehead atoms.